The monoisotopic (exact) mass is 235 g/mol. The minimum atomic E-state index is -0.0418. The van der Waals surface area contributed by atoms with Crippen LogP contribution in [0.25, 0.3) is 0 Å². The van der Waals surface area contributed by atoms with E-state index < -0.39 is 0 Å². The number of carbonyl (C=O) groups excluding carboxylic acids is 1. The fraction of sp³-hybridized carbons (Fsp3) is 0.500. The summed E-state index contributed by atoms with van der Waals surface area (Å²) in [6, 6.07) is 3.47. The number of aromatic nitrogens is 1. The lowest BCUT2D eigenvalue weighted by atomic mass is 10.1. The number of amides is 1. The van der Waals surface area contributed by atoms with Crippen molar-refractivity contribution in [3.8, 4) is 0 Å². The minimum Gasteiger partial charge on any atom is -0.384 e. The lowest BCUT2D eigenvalue weighted by Crippen LogP contribution is -2.41. The highest BCUT2D eigenvalue weighted by Crippen LogP contribution is 2.20. The van der Waals surface area contributed by atoms with Crippen LogP contribution in [0.3, 0.4) is 0 Å². The van der Waals surface area contributed by atoms with Crippen LogP contribution in [0, 0.1) is 0 Å². The molecular formula is C12H17N3O2. The summed E-state index contributed by atoms with van der Waals surface area (Å²) in [6.07, 6.45) is 2.48. The average molecular weight is 235 g/mol. The van der Waals surface area contributed by atoms with Gasteiger partial charge in [-0.1, -0.05) is 0 Å². The summed E-state index contributed by atoms with van der Waals surface area (Å²) in [6.45, 7) is 2.70. The Hall–Kier alpha value is -1.62. The standard InChI is InChI=1S/C12H17N3O2/c1-8-10(5-6-17-8)15(2)12(16)9-3-4-11(13)14-7-9/h3-4,7-8,10H,5-6H2,1-2H3,(H2,13,14). The van der Waals surface area contributed by atoms with Crippen LogP contribution in [0.4, 0.5) is 5.82 Å². The molecule has 92 valence electrons. The van der Waals surface area contributed by atoms with Crippen LogP contribution in [0.15, 0.2) is 18.3 Å². The number of ether oxygens (including phenoxy) is 1. The molecule has 2 heterocycles. The lowest BCUT2D eigenvalue weighted by Gasteiger charge is -2.26. The van der Waals surface area contributed by atoms with E-state index in [-0.39, 0.29) is 18.1 Å². The second-order valence-corrected chi connectivity index (χ2v) is 4.32. The Morgan fingerprint density at radius 2 is 2.35 bits per heavy atom. The fourth-order valence-electron chi connectivity index (χ4n) is 2.12. The number of carbonyl (C=O) groups is 1. The molecule has 0 aliphatic carbocycles. The Morgan fingerprint density at radius 3 is 2.88 bits per heavy atom. The lowest BCUT2D eigenvalue weighted by molar-refractivity contribution is 0.0574. The van der Waals surface area contributed by atoms with Crippen molar-refractivity contribution in [1.29, 1.82) is 0 Å². The van der Waals surface area contributed by atoms with Gasteiger partial charge in [0.1, 0.15) is 5.82 Å². The van der Waals surface area contributed by atoms with Gasteiger partial charge in [0, 0.05) is 19.9 Å². The van der Waals surface area contributed by atoms with Crippen LogP contribution >= 0.6 is 0 Å². The molecule has 0 aromatic carbocycles. The van der Waals surface area contributed by atoms with Crippen molar-refractivity contribution >= 4 is 11.7 Å². The normalized spacial score (nSPS) is 23.6. The van der Waals surface area contributed by atoms with E-state index in [2.05, 4.69) is 4.98 Å². The quantitative estimate of drug-likeness (QED) is 0.827. The Balaban J connectivity index is 2.11. The average Bonchev–Trinajstić information content (AvgIpc) is 2.74. The predicted octanol–water partition coefficient (Wildman–Crippen LogP) is 0.913. The predicted molar refractivity (Wildman–Crippen MR) is 64.6 cm³/mol. The van der Waals surface area contributed by atoms with Gasteiger partial charge in [-0.2, -0.15) is 0 Å². The van der Waals surface area contributed by atoms with E-state index in [9.17, 15) is 4.79 Å². The highest BCUT2D eigenvalue weighted by atomic mass is 16.5. The van der Waals surface area contributed by atoms with E-state index in [1.54, 1.807) is 24.1 Å². The highest BCUT2D eigenvalue weighted by Gasteiger charge is 2.30. The van der Waals surface area contributed by atoms with Crippen molar-refractivity contribution in [3.63, 3.8) is 0 Å². The van der Waals surface area contributed by atoms with E-state index in [1.165, 1.54) is 6.20 Å². The van der Waals surface area contributed by atoms with Gasteiger partial charge in [-0.05, 0) is 25.5 Å². The molecule has 0 spiro atoms. The maximum Gasteiger partial charge on any atom is 0.255 e. The molecule has 1 aromatic rings. The van der Waals surface area contributed by atoms with Gasteiger partial charge in [0.2, 0.25) is 0 Å². The van der Waals surface area contributed by atoms with Crippen molar-refractivity contribution in [2.24, 2.45) is 0 Å². The molecule has 1 fully saturated rings. The molecule has 0 radical (unpaired) electrons. The third-order valence-electron chi connectivity index (χ3n) is 3.19. The Morgan fingerprint density at radius 1 is 1.59 bits per heavy atom. The molecule has 1 aliphatic rings. The number of nitrogens with zero attached hydrogens (tertiary/aromatic N) is 2. The number of nitrogens with two attached hydrogens (primary N) is 1. The maximum absolute atomic E-state index is 12.2. The molecule has 2 atom stereocenters. The van der Waals surface area contributed by atoms with Gasteiger partial charge < -0.3 is 15.4 Å². The number of nitrogen functional groups attached to an aromatic ring is 1. The second-order valence-electron chi connectivity index (χ2n) is 4.32. The topological polar surface area (TPSA) is 68.5 Å². The summed E-state index contributed by atoms with van der Waals surface area (Å²) in [5, 5.41) is 0. The summed E-state index contributed by atoms with van der Waals surface area (Å²) in [5.74, 6) is 0.377. The fourth-order valence-corrected chi connectivity index (χ4v) is 2.12. The van der Waals surface area contributed by atoms with Crippen molar-refractivity contribution in [2.45, 2.75) is 25.5 Å². The van der Waals surface area contributed by atoms with Crippen LogP contribution in [0.5, 0.6) is 0 Å². The van der Waals surface area contributed by atoms with E-state index in [4.69, 9.17) is 10.5 Å². The molecule has 1 amide bonds. The smallest absolute Gasteiger partial charge is 0.255 e. The van der Waals surface area contributed by atoms with Gasteiger partial charge >= 0.3 is 0 Å². The van der Waals surface area contributed by atoms with Gasteiger partial charge in [0.05, 0.1) is 17.7 Å². The van der Waals surface area contributed by atoms with Gasteiger partial charge in [0.15, 0.2) is 0 Å². The van der Waals surface area contributed by atoms with E-state index in [1.807, 2.05) is 6.92 Å². The summed E-state index contributed by atoms with van der Waals surface area (Å²) in [4.78, 5) is 17.8. The minimum absolute atomic E-state index is 0.0418. The van der Waals surface area contributed by atoms with Crippen LogP contribution in [-0.4, -0.2) is 41.6 Å². The molecule has 1 aromatic heterocycles. The molecular weight excluding hydrogens is 218 g/mol. The van der Waals surface area contributed by atoms with Crippen molar-refractivity contribution in [1.82, 2.24) is 9.88 Å². The molecule has 1 saturated heterocycles. The highest BCUT2D eigenvalue weighted by molar-refractivity contribution is 5.94. The maximum atomic E-state index is 12.2. The SMILES string of the molecule is CC1OCCC1N(C)C(=O)c1ccc(N)nc1. The van der Waals surface area contributed by atoms with Gasteiger partial charge in [-0.15, -0.1) is 0 Å². The molecule has 1 aliphatic heterocycles. The number of hydrogen-bond donors (Lipinski definition) is 1. The second kappa shape index (κ2) is 4.71. The number of rotatable bonds is 2. The van der Waals surface area contributed by atoms with Crippen LogP contribution in [0.1, 0.15) is 23.7 Å². The summed E-state index contributed by atoms with van der Waals surface area (Å²) >= 11 is 0. The first kappa shape index (κ1) is 11.9. The Bertz CT molecular complexity index is 405. The van der Waals surface area contributed by atoms with E-state index >= 15 is 0 Å². The zero-order valence-corrected chi connectivity index (χ0v) is 10.1. The number of hydrogen-bond acceptors (Lipinski definition) is 4. The number of pyridine rings is 1. The molecule has 0 saturated carbocycles. The molecule has 5 nitrogen and oxygen atoms in total. The first-order chi connectivity index (χ1) is 8.09. The van der Waals surface area contributed by atoms with Crippen LogP contribution < -0.4 is 5.73 Å². The molecule has 2 rings (SSSR count). The van der Waals surface area contributed by atoms with Crippen LogP contribution in [0.2, 0.25) is 0 Å². The third-order valence-corrected chi connectivity index (χ3v) is 3.19. The van der Waals surface area contributed by atoms with Crippen molar-refractivity contribution in [3.05, 3.63) is 23.9 Å². The first-order valence-corrected chi connectivity index (χ1v) is 5.70. The van der Waals surface area contributed by atoms with Crippen molar-refractivity contribution in [2.75, 3.05) is 19.4 Å². The first-order valence-electron chi connectivity index (χ1n) is 5.70. The number of anilines is 1. The van der Waals surface area contributed by atoms with E-state index in [0.29, 0.717) is 18.0 Å². The molecule has 2 unspecified atom stereocenters. The summed E-state index contributed by atoms with van der Waals surface area (Å²) in [7, 11) is 1.80. The number of likely N-dealkylation sites (N-methyl/N-ethyl adjacent to an activating group) is 1. The summed E-state index contributed by atoms with van der Waals surface area (Å²) in [5.41, 5.74) is 6.05. The molecule has 2 N–H and O–H groups in total. The van der Waals surface area contributed by atoms with Gasteiger partial charge in [0.25, 0.3) is 5.91 Å². The Kier molecular flexibility index (Phi) is 3.28. The Labute approximate surface area is 101 Å². The molecule has 0 bridgehead atoms. The largest absolute Gasteiger partial charge is 0.384 e. The zero-order valence-electron chi connectivity index (χ0n) is 10.1. The molecule has 17 heavy (non-hydrogen) atoms. The summed E-state index contributed by atoms with van der Waals surface area (Å²) < 4.78 is 5.46. The van der Waals surface area contributed by atoms with Crippen LogP contribution in [-0.2, 0) is 4.74 Å². The van der Waals surface area contributed by atoms with Crippen molar-refractivity contribution < 1.29 is 9.53 Å². The van der Waals surface area contributed by atoms with E-state index in [0.717, 1.165) is 6.42 Å². The third kappa shape index (κ3) is 2.39. The molecule has 5 heteroatoms. The van der Waals surface area contributed by atoms with Gasteiger partial charge in [-0.3, -0.25) is 4.79 Å². The van der Waals surface area contributed by atoms with Gasteiger partial charge in [-0.25, -0.2) is 4.98 Å². The zero-order chi connectivity index (χ0) is 12.4.